The van der Waals surface area contributed by atoms with Gasteiger partial charge in [0.15, 0.2) is 0 Å². The van der Waals surface area contributed by atoms with Crippen LogP contribution in [0, 0.1) is 5.92 Å². The monoisotopic (exact) mass is 280 g/mol. The van der Waals surface area contributed by atoms with E-state index in [1.807, 2.05) is 0 Å². The second kappa shape index (κ2) is 7.44. The average Bonchev–Trinajstić information content (AvgIpc) is 2.70. The second-order valence-corrected chi connectivity index (χ2v) is 7.01. The van der Waals surface area contributed by atoms with Gasteiger partial charge in [-0.2, -0.15) is 0 Å². The van der Waals surface area contributed by atoms with Crippen molar-refractivity contribution in [3.8, 4) is 0 Å². The summed E-state index contributed by atoms with van der Waals surface area (Å²) >= 11 is 0. The van der Waals surface area contributed by atoms with Crippen LogP contribution in [-0.4, -0.2) is 17.5 Å². The first-order chi connectivity index (χ1) is 9.66. The molecule has 0 unspecified atom stereocenters. The Kier molecular flexibility index (Phi) is 5.88. The summed E-state index contributed by atoms with van der Waals surface area (Å²) in [6.45, 7) is 2.25. The maximum absolute atomic E-state index is 12.1. The predicted molar refractivity (Wildman–Crippen MR) is 83.4 cm³/mol. The molecule has 2 aliphatic carbocycles. The van der Waals surface area contributed by atoms with Crippen LogP contribution in [0.1, 0.15) is 84.0 Å². The van der Waals surface area contributed by atoms with E-state index in [1.165, 1.54) is 51.4 Å². The van der Waals surface area contributed by atoms with E-state index in [1.54, 1.807) is 0 Å². The van der Waals surface area contributed by atoms with Gasteiger partial charge in [-0.3, -0.25) is 4.79 Å². The maximum atomic E-state index is 12.1. The van der Waals surface area contributed by atoms with Crippen LogP contribution in [0.25, 0.3) is 0 Å². The van der Waals surface area contributed by atoms with Crippen LogP contribution < -0.4 is 11.1 Å². The molecule has 0 aromatic rings. The highest BCUT2D eigenvalue weighted by Gasteiger charge is 2.41. The van der Waals surface area contributed by atoms with E-state index in [0.717, 1.165) is 31.6 Å². The van der Waals surface area contributed by atoms with Gasteiger partial charge in [0.05, 0.1) is 5.54 Å². The van der Waals surface area contributed by atoms with E-state index < -0.39 is 5.54 Å². The van der Waals surface area contributed by atoms with Crippen molar-refractivity contribution in [2.24, 2.45) is 11.7 Å². The largest absolute Gasteiger partial charge is 0.368 e. The zero-order chi connectivity index (χ0) is 14.4. The summed E-state index contributed by atoms with van der Waals surface area (Å²) in [5.74, 6) is 0.695. The van der Waals surface area contributed by atoms with Crippen molar-refractivity contribution in [3.05, 3.63) is 0 Å². The number of rotatable bonds is 5. The van der Waals surface area contributed by atoms with E-state index in [4.69, 9.17) is 5.73 Å². The molecule has 0 bridgehead atoms. The number of hydrogen-bond acceptors (Lipinski definition) is 2. The van der Waals surface area contributed by atoms with Crippen LogP contribution in [0.3, 0.4) is 0 Å². The van der Waals surface area contributed by atoms with E-state index in [2.05, 4.69) is 12.2 Å². The first kappa shape index (κ1) is 15.8. The van der Waals surface area contributed by atoms with E-state index in [0.29, 0.717) is 6.04 Å². The van der Waals surface area contributed by atoms with Crippen molar-refractivity contribution in [3.63, 3.8) is 0 Å². The number of amides is 1. The lowest BCUT2D eigenvalue weighted by Gasteiger charge is -2.41. The third kappa shape index (κ3) is 3.97. The Balaban J connectivity index is 1.94. The van der Waals surface area contributed by atoms with Crippen molar-refractivity contribution >= 4 is 5.91 Å². The van der Waals surface area contributed by atoms with Crippen molar-refractivity contribution in [1.29, 1.82) is 0 Å². The van der Waals surface area contributed by atoms with Gasteiger partial charge < -0.3 is 11.1 Å². The van der Waals surface area contributed by atoms with E-state index in [-0.39, 0.29) is 5.91 Å². The minimum atomic E-state index is -0.404. The third-order valence-corrected chi connectivity index (χ3v) is 5.46. The van der Waals surface area contributed by atoms with Gasteiger partial charge in [-0.25, -0.2) is 0 Å². The summed E-state index contributed by atoms with van der Waals surface area (Å²) in [7, 11) is 0. The molecule has 20 heavy (non-hydrogen) atoms. The number of nitrogens with two attached hydrogens (primary N) is 1. The zero-order valence-corrected chi connectivity index (χ0v) is 13.1. The minimum absolute atomic E-state index is 0.114. The summed E-state index contributed by atoms with van der Waals surface area (Å²) in [5.41, 5.74) is 5.37. The SMILES string of the molecule is CCCC1CCC(NC2CCCCCC2)(C(N)=O)CC1. The van der Waals surface area contributed by atoms with Crippen LogP contribution in [0.2, 0.25) is 0 Å². The molecule has 0 spiro atoms. The van der Waals surface area contributed by atoms with Crippen LogP contribution in [0.15, 0.2) is 0 Å². The zero-order valence-electron chi connectivity index (χ0n) is 13.1. The van der Waals surface area contributed by atoms with Gasteiger partial charge in [0.2, 0.25) is 5.91 Å². The normalized spacial score (nSPS) is 32.8. The smallest absolute Gasteiger partial charge is 0.237 e. The molecule has 0 aromatic carbocycles. The molecule has 0 heterocycles. The van der Waals surface area contributed by atoms with Gasteiger partial charge in [0.25, 0.3) is 0 Å². The molecule has 0 aromatic heterocycles. The summed E-state index contributed by atoms with van der Waals surface area (Å²) in [6, 6.07) is 0.507. The summed E-state index contributed by atoms with van der Waals surface area (Å²) in [4.78, 5) is 12.1. The van der Waals surface area contributed by atoms with Crippen LogP contribution in [-0.2, 0) is 4.79 Å². The molecule has 2 fully saturated rings. The second-order valence-electron chi connectivity index (χ2n) is 7.01. The van der Waals surface area contributed by atoms with Crippen LogP contribution in [0.5, 0.6) is 0 Å². The highest BCUT2D eigenvalue weighted by Crippen LogP contribution is 2.35. The third-order valence-electron chi connectivity index (χ3n) is 5.46. The highest BCUT2D eigenvalue weighted by molar-refractivity contribution is 5.84. The molecule has 0 radical (unpaired) electrons. The Morgan fingerprint density at radius 1 is 1.10 bits per heavy atom. The molecule has 2 saturated carbocycles. The van der Waals surface area contributed by atoms with Gasteiger partial charge in [0, 0.05) is 6.04 Å². The summed E-state index contributed by atoms with van der Waals surface area (Å²) < 4.78 is 0. The summed E-state index contributed by atoms with van der Waals surface area (Å²) in [5, 5.41) is 3.70. The van der Waals surface area contributed by atoms with E-state index >= 15 is 0 Å². The standard InChI is InChI=1S/C17H32N2O/c1-2-7-14-10-12-17(13-11-14,16(18)20)19-15-8-5-3-4-6-9-15/h14-15,19H,2-13H2,1H3,(H2,18,20). The van der Waals surface area contributed by atoms with Gasteiger partial charge in [-0.15, -0.1) is 0 Å². The first-order valence-electron chi connectivity index (χ1n) is 8.74. The van der Waals surface area contributed by atoms with Gasteiger partial charge in [0.1, 0.15) is 0 Å². The number of carbonyl (C=O) groups is 1. The number of primary amides is 1. The molecule has 0 aliphatic heterocycles. The molecule has 3 heteroatoms. The Bertz CT molecular complexity index is 300. The first-order valence-corrected chi connectivity index (χ1v) is 8.74. The minimum Gasteiger partial charge on any atom is -0.368 e. The Labute approximate surface area is 124 Å². The molecule has 0 saturated heterocycles. The predicted octanol–water partition coefficient (Wildman–Crippen LogP) is 3.51. The van der Waals surface area contributed by atoms with Crippen molar-refractivity contribution in [2.45, 2.75) is 95.6 Å². The number of carbonyl (C=O) groups excluding carboxylic acids is 1. The van der Waals surface area contributed by atoms with Crippen LogP contribution >= 0.6 is 0 Å². The van der Waals surface area contributed by atoms with Gasteiger partial charge in [-0.1, -0.05) is 45.4 Å². The lowest BCUT2D eigenvalue weighted by Crippen LogP contribution is -2.60. The fourth-order valence-electron chi connectivity index (χ4n) is 4.14. The lowest BCUT2D eigenvalue weighted by atomic mass is 9.74. The molecule has 3 N–H and O–H groups in total. The molecule has 3 nitrogen and oxygen atoms in total. The van der Waals surface area contributed by atoms with Gasteiger partial charge in [-0.05, 0) is 44.4 Å². The Hall–Kier alpha value is -0.570. The fourth-order valence-corrected chi connectivity index (χ4v) is 4.14. The fraction of sp³-hybridized carbons (Fsp3) is 0.941. The number of hydrogen-bond donors (Lipinski definition) is 2. The molecule has 0 atom stereocenters. The number of nitrogens with one attached hydrogen (secondary N) is 1. The lowest BCUT2D eigenvalue weighted by molar-refractivity contribution is -0.126. The summed E-state index contributed by atoms with van der Waals surface area (Å²) in [6.07, 6.45) is 14.5. The topological polar surface area (TPSA) is 55.1 Å². The quantitative estimate of drug-likeness (QED) is 0.757. The van der Waals surface area contributed by atoms with Crippen molar-refractivity contribution < 1.29 is 4.79 Å². The van der Waals surface area contributed by atoms with Crippen molar-refractivity contribution in [2.75, 3.05) is 0 Å². The molecule has 116 valence electrons. The molecule has 1 amide bonds. The molecule has 2 aliphatic rings. The highest BCUT2D eigenvalue weighted by atomic mass is 16.1. The molecule has 2 rings (SSSR count). The van der Waals surface area contributed by atoms with Gasteiger partial charge >= 0.3 is 0 Å². The molecular weight excluding hydrogens is 248 g/mol. The Morgan fingerprint density at radius 3 is 2.20 bits per heavy atom. The maximum Gasteiger partial charge on any atom is 0.237 e. The average molecular weight is 280 g/mol. The van der Waals surface area contributed by atoms with E-state index in [9.17, 15) is 4.79 Å². The van der Waals surface area contributed by atoms with Crippen molar-refractivity contribution in [1.82, 2.24) is 5.32 Å². The molecular formula is C17H32N2O. The Morgan fingerprint density at radius 2 is 1.70 bits per heavy atom. The van der Waals surface area contributed by atoms with Crippen LogP contribution in [0.4, 0.5) is 0 Å².